The van der Waals surface area contributed by atoms with E-state index in [0.717, 1.165) is 5.56 Å². The predicted molar refractivity (Wildman–Crippen MR) is 79.8 cm³/mol. The highest BCUT2D eigenvalue weighted by Gasteiger charge is 2.12. The number of hydrazone groups is 1. The zero-order valence-corrected chi connectivity index (χ0v) is 11.4. The monoisotopic (exact) mass is 282 g/mol. The highest BCUT2D eigenvalue weighted by Crippen LogP contribution is 2.08. The summed E-state index contributed by atoms with van der Waals surface area (Å²) in [6, 6.07) is 12.4. The minimum Gasteiger partial charge on any atom is -0.318 e. The molecule has 0 radical (unpaired) electrons. The van der Waals surface area contributed by atoms with Crippen LogP contribution in [0.3, 0.4) is 0 Å². The number of aromatic nitrogens is 1. The van der Waals surface area contributed by atoms with Crippen molar-refractivity contribution in [3.63, 3.8) is 0 Å². The Morgan fingerprint density at radius 2 is 1.86 bits per heavy atom. The molecule has 0 aliphatic carbocycles. The van der Waals surface area contributed by atoms with E-state index in [2.05, 4.69) is 20.8 Å². The van der Waals surface area contributed by atoms with E-state index in [1.807, 2.05) is 19.1 Å². The smallest absolute Gasteiger partial charge is 0.318 e. The molecule has 0 saturated heterocycles. The number of amides is 2. The van der Waals surface area contributed by atoms with Gasteiger partial charge in [-0.1, -0.05) is 23.8 Å². The standard InChI is InChI=1S/C15H14N4O2/c1-11-5-7-12(8-6-11)18-14(20)15(21)19-17-10-13-4-2-3-9-16-13/h2-10H,1H3,(H,18,20)(H,19,21)/b17-10-. The summed E-state index contributed by atoms with van der Waals surface area (Å²) in [4.78, 5) is 27.2. The molecule has 6 heteroatoms. The molecule has 2 N–H and O–H groups in total. The van der Waals surface area contributed by atoms with Gasteiger partial charge in [0.15, 0.2) is 0 Å². The second-order valence-electron chi connectivity index (χ2n) is 4.27. The van der Waals surface area contributed by atoms with Crippen LogP contribution in [0.5, 0.6) is 0 Å². The molecule has 0 spiro atoms. The average molecular weight is 282 g/mol. The summed E-state index contributed by atoms with van der Waals surface area (Å²) >= 11 is 0. The minimum absolute atomic E-state index is 0.550. The SMILES string of the molecule is Cc1ccc(NC(=O)C(=O)N/N=C\c2ccccn2)cc1. The molecule has 0 fully saturated rings. The van der Waals surface area contributed by atoms with Crippen molar-refractivity contribution in [2.24, 2.45) is 5.10 Å². The molecule has 2 rings (SSSR count). The topological polar surface area (TPSA) is 83.5 Å². The van der Waals surface area contributed by atoms with Crippen LogP contribution < -0.4 is 10.7 Å². The van der Waals surface area contributed by atoms with Crippen molar-refractivity contribution in [2.45, 2.75) is 6.92 Å². The molecular weight excluding hydrogens is 268 g/mol. The van der Waals surface area contributed by atoms with Gasteiger partial charge in [-0.3, -0.25) is 14.6 Å². The lowest BCUT2D eigenvalue weighted by Gasteiger charge is -2.03. The van der Waals surface area contributed by atoms with Crippen LogP contribution in [0.25, 0.3) is 0 Å². The van der Waals surface area contributed by atoms with Gasteiger partial charge in [-0.2, -0.15) is 5.10 Å². The van der Waals surface area contributed by atoms with E-state index in [-0.39, 0.29) is 0 Å². The predicted octanol–water partition coefficient (Wildman–Crippen LogP) is 1.48. The van der Waals surface area contributed by atoms with Gasteiger partial charge in [-0.25, -0.2) is 5.43 Å². The first kappa shape index (κ1) is 14.4. The molecule has 1 aromatic heterocycles. The van der Waals surface area contributed by atoms with Gasteiger partial charge in [0.1, 0.15) is 0 Å². The molecule has 106 valence electrons. The molecule has 0 atom stereocenters. The first-order valence-corrected chi connectivity index (χ1v) is 6.27. The van der Waals surface area contributed by atoms with Crippen molar-refractivity contribution in [2.75, 3.05) is 5.32 Å². The molecule has 2 aromatic rings. The Kier molecular flexibility index (Phi) is 4.76. The highest BCUT2D eigenvalue weighted by atomic mass is 16.2. The average Bonchev–Trinajstić information content (AvgIpc) is 2.50. The molecule has 0 bridgehead atoms. The lowest BCUT2D eigenvalue weighted by Crippen LogP contribution is -2.32. The van der Waals surface area contributed by atoms with Crippen LogP contribution in [0.4, 0.5) is 5.69 Å². The molecule has 0 aliphatic heterocycles. The Labute approximate surface area is 121 Å². The summed E-state index contributed by atoms with van der Waals surface area (Å²) in [6.45, 7) is 1.94. The Bertz CT molecular complexity index is 651. The molecule has 0 saturated carbocycles. The van der Waals surface area contributed by atoms with E-state index in [1.165, 1.54) is 6.21 Å². The van der Waals surface area contributed by atoms with E-state index in [0.29, 0.717) is 11.4 Å². The van der Waals surface area contributed by atoms with E-state index in [4.69, 9.17) is 0 Å². The first-order chi connectivity index (χ1) is 10.1. The molecule has 2 amide bonds. The number of aryl methyl sites for hydroxylation is 1. The maximum Gasteiger partial charge on any atom is 0.329 e. The molecule has 1 aromatic carbocycles. The Morgan fingerprint density at radius 1 is 1.10 bits per heavy atom. The van der Waals surface area contributed by atoms with E-state index in [9.17, 15) is 9.59 Å². The van der Waals surface area contributed by atoms with E-state index in [1.54, 1.807) is 36.5 Å². The van der Waals surface area contributed by atoms with Gasteiger partial charge in [-0.05, 0) is 31.2 Å². The lowest BCUT2D eigenvalue weighted by atomic mass is 10.2. The van der Waals surface area contributed by atoms with Crippen LogP contribution in [0.1, 0.15) is 11.3 Å². The van der Waals surface area contributed by atoms with Crippen molar-refractivity contribution in [1.82, 2.24) is 10.4 Å². The molecule has 1 heterocycles. The van der Waals surface area contributed by atoms with Gasteiger partial charge in [0.05, 0.1) is 11.9 Å². The van der Waals surface area contributed by atoms with Gasteiger partial charge in [0.2, 0.25) is 0 Å². The van der Waals surface area contributed by atoms with Crippen molar-refractivity contribution < 1.29 is 9.59 Å². The quantitative estimate of drug-likeness (QED) is 0.508. The van der Waals surface area contributed by atoms with Gasteiger partial charge < -0.3 is 5.32 Å². The van der Waals surface area contributed by atoms with Gasteiger partial charge >= 0.3 is 11.8 Å². The fourth-order valence-corrected chi connectivity index (χ4v) is 1.48. The molecular formula is C15H14N4O2. The number of pyridine rings is 1. The summed E-state index contributed by atoms with van der Waals surface area (Å²) < 4.78 is 0. The summed E-state index contributed by atoms with van der Waals surface area (Å²) in [5.41, 5.74) is 4.34. The maximum atomic E-state index is 11.6. The molecule has 6 nitrogen and oxygen atoms in total. The van der Waals surface area contributed by atoms with Crippen LogP contribution >= 0.6 is 0 Å². The third kappa shape index (κ3) is 4.54. The number of nitrogens with zero attached hydrogens (tertiary/aromatic N) is 2. The number of hydrogen-bond acceptors (Lipinski definition) is 4. The Morgan fingerprint density at radius 3 is 2.52 bits per heavy atom. The molecule has 0 aliphatic rings. The fraction of sp³-hybridized carbons (Fsp3) is 0.0667. The maximum absolute atomic E-state index is 11.6. The Balaban J connectivity index is 1.87. The summed E-state index contributed by atoms with van der Waals surface area (Å²) in [7, 11) is 0. The number of carbonyl (C=O) groups excluding carboxylic acids is 2. The number of benzene rings is 1. The number of carbonyl (C=O) groups is 2. The van der Waals surface area contributed by atoms with Gasteiger partial charge in [0.25, 0.3) is 0 Å². The van der Waals surface area contributed by atoms with Crippen LogP contribution in [0, 0.1) is 6.92 Å². The number of anilines is 1. The van der Waals surface area contributed by atoms with Crippen molar-refractivity contribution in [1.29, 1.82) is 0 Å². The molecule has 21 heavy (non-hydrogen) atoms. The van der Waals surface area contributed by atoms with Crippen molar-refractivity contribution >= 4 is 23.7 Å². The Hall–Kier alpha value is -3.02. The van der Waals surface area contributed by atoms with E-state index < -0.39 is 11.8 Å². The zero-order chi connectivity index (χ0) is 15.1. The van der Waals surface area contributed by atoms with Crippen LogP contribution in [-0.4, -0.2) is 23.0 Å². The first-order valence-electron chi connectivity index (χ1n) is 6.27. The third-order valence-electron chi connectivity index (χ3n) is 2.57. The third-order valence-corrected chi connectivity index (χ3v) is 2.57. The normalized spacial score (nSPS) is 10.3. The van der Waals surface area contributed by atoms with Crippen molar-refractivity contribution in [3.8, 4) is 0 Å². The van der Waals surface area contributed by atoms with E-state index >= 15 is 0 Å². The van der Waals surface area contributed by atoms with Crippen LogP contribution in [-0.2, 0) is 9.59 Å². The number of rotatable bonds is 3. The second kappa shape index (κ2) is 6.95. The largest absolute Gasteiger partial charge is 0.329 e. The summed E-state index contributed by atoms with van der Waals surface area (Å²) in [6.07, 6.45) is 2.96. The van der Waals surface area contributed by atoms with Crippen LogP contribution in [0.15, 0.2) is 53.8 Å². The van der Waals surface area contributed by atoms with Gasteiger partial charge in [-0.15, -0.1) is 0 Å². The zero-order valence-electron chi connectivity index (χ0n) is 11.4. The lowest BCUT2D eigenvalue weighted by molar-refractivity contribution is -0.136. The van der Waals surface area contributed by atoms with Crippen LogP contribution in [0.2, 0.25) is 0 Å². The minimum atomic E-state index is -0.845. The highest BCUT2D eigenvalue weighted by molar-refractivity contribution is 6.39. The molecule has 0 unspecified atom stereocenters. The fourth-order valence-electron chi connectivity index (χ4n) is 1.48. The van der Waals surface area contributed by atoms with Gasteiger partial charge in [0, 0.05) is 11.9 Å². The number of hydrogen-bond donors (Lipinski definition) is 2. The summed E-state index contributed by atoms with van der Waals surface area (Å²) in [5, 5.41) is 6.15. The second-order valence-corrected chi connectivity index (χ2v) is 4.27. The van der Waals surface area contributed by atoms with Crippen molar-refractivity contribution in [3.05, 3.63) is 59.9 Å². The summed E-state index contributed by atoms with van der Waals surface area (Å²) in [5.74, 6) is -1.63. The number of nitrogens with one attached hydrogen (secondary N) is 2.